The van der Waals surface area contributed by atoms with Crippen LogP contribution in [0.25, 0.3) is 11.1 Å². The van der Waals surface area contributed by atoms with Crippen LogP contribution in [0.5, 0.6) is 5.75 Å². The lowest BCUT2D eigenvalue weighted by molar-refractivity contribution is -0.137. The molecule has 0 bridgehead atoms. The average molecular weight is 696 g/mol. The molecule has 12 heteroatoms. The standard InChI is InChI=1S/C38H38F5N3O4/c1-23-19-46(24(2)22-47)37(49)32-5-4-6-33(44-35(48)15-25-9-13-29(14-10-25)38(41,42)43)36(32)50-34(23)21-45(3)20-26-7-11-27(12-8-26)28-16-30(39)18-31(40)17-28/h4-14,16-18,23-24,34,47H,15,19-22H2,1-3H3,(H,44,48)/t23-,24+,34-/m1/s1. The topological polar surface area (TPSA) is 82.1 Å². The van der Waals surface area contributed by atoms with E-state index in [0.29, 0.717) is 36.3 Å². The van der Waals surface area contributed by atoms with Gasteiger partial charge in [-0.1, -0.05) is 49.4 Å². The number of rotatable bonds is 10. The largest absolute Gasteiger partial charge is 0.486 e. The average Bonchev–Trinajstić information content (AvgIpc) is 3.06. The van der Waals surface area contributed by atoms with Crippen LogP contribution in [0.4, 0.5) is 27.6 Å². The van der Waals surface area contributed by atoms with Crippen molar-refractivity contribution in [2.75, 3.05) is 32.1 Å². The first-order valence-corrected chi connectivity index (χ1v) is 16.1. The van der Waals surface area contributed by atoms with E-state index in [1.165, 1.54) is 24.3 Å². The molecule has 0 unspecified atom stereocenters. The molecule has 1 heterocycles. The lowest BCUT2D eigenvalue weighted by Gasteiger charge is -2.38. The minimum atomic E-state index is -4.50. The summed E-state index contributed by atoms with van der Waals surface area (Å²) in [5, 5.41) is 12.8. The van der Waals surface area contributed by atoms with Gasteiger partial charge in [-0.05, 0) is 72.6 Å². The Bertz CT molecular complexity index is 1790. The minimum absolute atomic E-state index is 0.157. The summed E-state index contributed by atoms with van der Waals surface area (Å²) in [6, 6.07) is 19.3. The number of anilines is 1. The number of hydrogen-bond acceptors (Lipinski definition) is 5. The maximum atomic E-state index is 13.8. The van der Waals surface area contributed by atoms with Gasteiger partial charge in [-0.3, -0.25) is 14.5 Å². The van der Waals surface area contributed by atoms with Crippen LogP contribution in [-0.2, 0) is 23.9 Å². The Hall–Kier alpha value is -4.81. The van der Waals surface area contributed by atoms with Crippen LogP contribution in [0.2, 0.25) is 0 Å². The number of aliphatic hydroxyl groups excluding tert-OH is 1. The van der Waals surface area contributed by atoms with E-state index in [9.17, 15) is 36.6 Å². The van der Waals surface area contributed by atoms with E-state index in [-0.39, 0.29) is 41.9 Å². The summed E-state index contributed by atoms with van der Waals surface area (Å²) in [5.74, 6) is -2.27. The van der Waals surface area contributed by atoms with E-state index in [1.54, 1.807) is 42.2 Å². The number of alkyl halides is 3. The van der Waals surface area contributed by atoms with Crippen molar-refractivity contribution in [1.29, 1.82) is 0 Å². The molecule has 0 aromatic heterocycles. The van der Waals surface area contributed by atoms with Gasteiger partial charge in [-0.2, -0.15) is 13.2 Å². The molecule has 50 heavy (non-hydrogen) atoms. The highest BCUT2D eigenvalue weighted by Gasteiger charge is 2.35. The molecule has 0 saturated carbocycles. The number of hydrogen-bond donors (Lipinski definition) is 2. The summed E-state index contributed by atoms with van der Waals surface area (Å²) in [4.78, 5) is 30.5. The first-order chi connectivity index (χ1) is 23.7. The number of nitrogens with one attached hydrogen (secondary N) is 1. The fraction of sp³-hybridized carbons (Fsp3) is 0.316. The lowest BCUT2D eigenvalue weighted by Crippen LogP contribution is -2.49. The molecule has 0 spiro atoms. The number of halogens is 5. The summed E-state index contributed by atoms with van der Waals surface area (Å²) < 4.78 is 73.1. The van der Waals surface area contributed by atoms with Crippen molar-refractivity contribution in [2.24, 2.45) is 5.92 Å². The smallest absolute Gasteiger partial charge is 0.416 e. The van der Waals surface area contributed by atoms with Crippen LogP contribution in [-0.4, -0.2) is 65.6 Å². The maximum absolute atomic E-state index is 13.8. The van der Waals surface area contributed by atoms with E-state index in [0.717, 1.165) is 23.8 Å². The zero-order valence-electron chi connectivity index (χ0n) is 27.8. The molecule has 4 aromatic rings. The second kappa shape index (κ2) is 15.4. The van der Waals surface area contributed by atoms with Gasteiger partial charge in [0.15, 0.2) is 5.75 Å². The highest BCUT2D eigenvalue weighted by molar-refractivity contribution is 6.02. The zero-order valence-corrected chi connectivity index (χ0v) is 27.8. The van der Waals surface area contributed by atoms with Crippen molar-refractivity contribution in [3.63, 3.8) is 0 Å². The quantitative estimate of drug-likeness (QED) is 0.172. The van der Waals surface area contributed by atoms with Gasteiger partial charge < -0.3 is 20.1 Å². The summed E-state index contributed by atoms with van der Waals surface area (Å²) >= 11 is 0. The third kappa shape index (κ3) is 8.85. The molecule has 3 atom stereocenters. The Morgan fingerprint density at radius 2 is 1.62 bits per heavy atom. The molecule has 1 aliphatic rings. The van der Waals surface area contributed by atoms with Gasteiger partial charge in [-0.25, -0.2) is 8.78 Å². The van der Waals surface area contributed by atoms with Gasteiger partial charge in [0.05, 0.1) is 35.9 Å². The van der Waals surface area contributed by atoms with Gasteiger partial charge in [0, 0.05) is 31.6 Å². The highest BCUT2D eigenvalue weighted by Crippen LogP contribution is 2.35. The molecule has 0 saturated heterocycles. The van der Waals surface area contributed by atoms with Crippen LogP contribution in [0.3, 0.4) is 0 Å². The van der Waals surface area contributed by atoms with Crippen LogP contribution in [0.15, 0.2) is 84.9 Å². The number of ether oxygens (including phenoxy) is 1. The minimum Gasteiger partial charge on any atom is -0.486 e. The predicted octanol–water partition coefficient (Wildman–Crippen LogP) is 7.18. The monoisotopic (exact) mass is 695 g/mol. The van der Waals surface area contributed by atoms with Crippen LogP contribution in [0.1, 0.15) is 40.9 Å². The summed E-state index contributed by atoms with van der Waals surface area (Å²) in [6.07, 6.45) is -5.19. The summed E-state index contributed by atoms with van der Waals surface area (Å²) in [6.45, 7) is 4.61. The Morgan fingerprint density at radius 3 is 2.24 bits per heavy atom. The Kier molecular flexibility index (Phi) is 11.2. The fourth-order valence-electron chi connectivity index (χ4n) is 5.96. The maximum Gasteiger partial charge on any atom is 0.416 e. The molecule has 0 aliphatic carbocycles. The van der Waals surface area contributed by atoms with Gasteiger partial charge in [-0.15, -0.1) is 0 Å². The van der Waals surface area contributed by atoms with Crippen LogP contribution < -0.4 is 10.1 Å². The number of aliphatic hydroxyl groups is 1. The van der Waals surface area contributed by atoms with Crippen LogP contribution in [0, 0.1) is 17.6 Å². The molecule has 1 aliphatic heterocycles. The number of carbonyl (C=O) groups excluding carboxylic acids is 2. The number of likely N-dealkylation sites (N-methyl/N-ethyl adjacent to an activating group) is 1. The van der Waals surface area contributed by atoms with Crippen molar-refractivity contribution in [3.05, 3.63) is 119 Å². The second-order valence-corrected chi connectivity index (χ2v) is 12.8. The number of nitrogens with zero attached hydrogens (tertiary/aromatic N) is 2. The third-order valence-electron chi connectivity index (χ3n) is 8.71. The first-order valence-electron chi connectivity index (χ1n) is 16.1. The molecular weight excluding hydrogens is 657 g/mol. The SMILES string of the molecule is C[C@@H]1CN([C@@H](C)CO)C(=O)c2cccc(NC(=O)Cc3ccc(C(F)(F)F)cc3)c2O[C@@H]1CN(C)Cc1ccc(-c2cc(F)cc(F)c2)cc1. The highest BCUT2D eigenvalue weighted by atomic mass is 19.4. The second-order valence-electron chi connectivity index (χ2n) is 12.8. The molecule has 7 nitrogen and oxygen atoms in total. The van der Waals surface area contributed by atoms with Gasteiger partial charge >= 0.3 is 6.18 Å². The molecular formula is C38H38F5N3O4. The normalized spacial score (nSPS) is 17.1. The molecule has 5 rings (SSSR count). The van der Waals surface area contributed by atoms with Gasteiger partial charge in [0.25, 0.3) is 5.91 Å². The number of carbonyl (C=O) groups is 2. The number of para-hydroxylation sites is 1. The van der Waals surface area contributed by atoms with E-state index in [2.05, 4.69) is 5.32 Å². The van der Waals surface area contributed by atoms with Crippen LogP contribution >= 0.6 is 0 Å². The summed E-state index contributed by atoms with van der Waals surface area (Å²) in [7, 11) is 1.91. The number of benzene rings is 4. The molecule has 0 radical (unpaired) electrons. The Labute approximate surface area is 287 Å². The van der Waals surface area contributed by atoms with E-state index in [4.69, 9.17) is 4.74 Å². The Balaban J connectivity index is 1.36. The Morgan fingerprint density at radius 1 is 0.980 bits per heavy atom. The van der Waals surface area contributed by atoms with E-state index < -0.39 is 41.4 Å². The molecule has 2 N–H and O–H groups in total. The van der Waals surface area contributed by atoms with E-state index in [1.807, 2.05) is 31.0 Å². The van der Waals surface area contributed by atoms with Crippen molar-refractivity contribution in [1.82, 2.24) is 9.80 Å². The van der Waals surface area contributed by atoms with Crippen molar-refractivity contribution in [3.8, 4) is 16.9 Å². The van der Waals surface area contributed by atoms with Crippen molar-refractivity contribution < 1.29 is 41.4 Å². The molecule has 2 amide bonds. The fourth-order valence-corrected chi connectivity index (χ4v) is 5.96. The number of amides is 2. The predicted molar refractivity (Wildman–Crippen MR) is 180 cm³/mol. The molecule has 0 fully saturated rings. The van der Waals surface area contributed by atoms with Crippen molar-refractivity contribution in [2.45, 2.75) is 45.1 Å². The molecule has 4 aromatic carbocycles. The molecule has 264 valence electrons. The zero-order chi connectivity index (χ0) is 36.2. The lowest BCUT2D eigenvalue weighted by atomic mass is 9.98. The van der Waals surface area contributed by atoms with Gasteiger partial charge in [0.1, 0.15) is 17.7 Å². The van der Waals surface area contributed by atoms with Crippen molar-refractivity contribution >= 4 is 17.5 Å². The number of fused-ring (bicyclic) bond motifs is 1. The van der Waals surface area contributed by atoms with E-state index >= 15 is 0 Å². The summed E-state index contributed by atoms with van der Waals surface area (Å²) in [5.41, 5.74) is 2.02. The van der Waals surface area contributed by atoms with Gasteiger partial charge in [0.2, 0.25) is 5.91 Å². The third-order valence-corrected chi connectivity index (χ3v) is 8.71. The first kappa shape index (κ1) is 36.5.